The lowest BCUT2D eigenvalue weighted by molar-refractivity contribution is -0.270. The minimum absolute atomic E-state index is 0.164. The number of aliphatic hydroxyl groups is 1. The maximum absolute atomic E-state index is 13.2. The van der Waals surface area contributed by atoms with E-state index in [4.69, 9.17) is 0 Å². The van der Waals surface area contributed by atoms with Crippen LogP contribution in [0.2, 0.25) is 0 Å². The Morgan fingerprint density at radius 2 is 1.95 bits per heavy atom. The van der Waals surface area contributed by atoms with E-state index in [1.165, 1.54) is 6.42 Å². The summed E-state index contributed by atoms with van der Waals surface area (Å²) in [7, 11) is 0. The van der Waals surface area contributed by atoms with Gasteiger partial charge in [0.25, 0.3) is 0 Å². The van der Waals surface area contributed by atoms with Gasteiger partial charge in [-0.1, -0.05) is 51.7 Å². The standard InChI is InChI=1S/C18H29F3O/c1-4-6-7-13-8-9-14-12-17(22,18(19,20)21)11-10-16(14,3)15(13)5-2/h9,13,15,22H,4-8,10-12H2,1-3H3/t13-,15+,16+,17+/m1/s1. The Morgan fingerprint density at radius 1 is 1.27 bits per heavy atom. The van der Waals surface area contributed by atoms with Crippen LogP contribution in [-0.2, 0) is 0 Å². The zero-order valence-corrected chi connectivity index (χ0v) is 14.0. The van der Waals surface area contributed by atoms with Crippen molar-refractivity contribution in [2.24, 2.45) is 17.3 Å². The molecule has 0 aromatic rings. The van der Waals surface area contributed by atoms with E-state index in [9.17, 15) is 18.3 Å². The van der Waals surface area contributed by atoms with Crippen molar-refractivity contribution in [3.63, 3.8) is 0 Å². The predicted octanol–water partition coefficient (Wildman–Crippen LogP) is 5.63. The van der Waals surface area contributed by atoms with Gasteiger partial charge in [0, 0.05) is 6.42 Å². The van der Waals surface area contributed by atoms with E-state index in [1.807, 2.05) is 6.08 Å². The van der Waals surface area contributed by atoms with Gasteiger partial charge in [-0.15, -0.1) is 0 Å². The molecule has 0 bridgehead atoms. The fourth-order valence-electron chi connectivity index (χ4n) is 4.75. The molecule has 2 aliphatic carbocycles. The lowest BCUT2D eigenvalue weighted by Gasteiger charge is -2.53. The smallest absolute Gasteiger partial charge is 0.380 e. The first-order chi connectivity index (χ1) is 10.2. The van der Waals surface area contributed by atoms with Crippen molar-refractivity contribution in [3.05, 3.63) is 11.6 Å². The number of unbranched alkanes of at least 4 members (excludes halogenated alkanes) is 1. The van der Waals surface area contributed by atoms with Crippen LogP contribution in [0.1, 0.15) is 72.1 Å². The first-order valence-electron chi connectivity index (χ1n) is 8.66. The minimum atomic E-state index is -4.53. The highest BCUT2D eigenvalue weighted by Gasteiger charge is 2.59. The van der Waals surface area contributed by atoms with Gasteiger partial charge >= 0.3 is 6.18 Å². The van der Waals surface area contributed by atoms with Crippen molar-refractivity contribution in [2.75, 3.05) is 0 Å². The van der Waals surface area contributed by atoms with Crippen LogP contribution in [0.3, 0.4) is 0 Å². The van der Waals surface area contributed by atoms with Crippen molar-refractivity contribution in [1.29, 1.82) is 0 Å². The molecule has 1 fully saturated rings. The summed E-state index contributed by atoms with van der Waals surface area (Å²) in [6, 6.07) is 0. The summed E-state index contributed by atoms with van der Waals surface area (Å²) in [5.41, 5.74) is -1.84. The largest absolute Gasteiger partial charge is 0.417 e. The van der Waals surface area contributed by atoms with Gasteiger partial charge in [0.05, 0.1) is 0 Å². The number of halogens is 3. The zero-order valence-electron chi connectivity index (χ0n) is 14.0. The van der Waals surface area contributed by atoms with Gasteiger partial charge in [0.15, 0.2) is 5.60 Å². The fraction of sp³-hybridized carbons (Fsp3) is 0.889. The van der Waals surface area contributed by atoms with Gasteiger partial charge < -0.3 is 5.11 Å². The second kappa shape index (κ2) is 6.18. The molecule has 22 heavy (non-hydrogen) atoms. The third-order valence-electron chi connectivity index (χ3n) is 6.22. The summed E-state index contributed by atoms with van der Waals surface area (Å²) in [5.74, 6) is 1.02. The Morgan fingerprint density at radius 3 is 2.50 bits per heavy atom. The van der Waals surface area contributed by atoms with Gasteiger partial charge in [-0.05, 0) is 42.9 Å². The zero-order chi connectivity index (χ0) is 16.6. The molecule has 0 saturated heterocycles. The summed E-state index contributed by atoms with van der Waals surface area (Å²) in [6.07, 6.45) is 2.92. The minimum Gasteiger partial charge on any atom is -0.380 e. The number of fused-ring (bicyclic) bond motifs is 1. The predicted molar refractivity (Wildman–Crippen MR) is 82.5 cm³/mol. The van der Waals surface area contributed by atoms with Gasteiger partial charge in [0.2, 0.25) is 0 Å². The topological polar surface area (TPSA) is 20.2 Å². The number of alkyl halides is 3. The van der Waals surface area contributed by atoms with E-state index >= 15 is 0 Å². The SMILES string of the molecule is CCCC[C@@H]1CC=C2C[C@](O)(C(F)(F)F)CC[C@]2(C)[C@H]1CC. The molecule has 0 unspecified atom stereocenters. The average Bonchev–Trinajstić information content (AvgIpc) is 2.44. The molecule has 1 saturated carbocycles. The maximum atomic E-state index is 13.2. The van der Waals surface area contributed by atoms with E-state index in [0.717, 1.165) is 31.3 Å². The van der Waals surface area contributed by atoms with Crippen LogP contribution < -0.4 is 0 Å². The van der Waals surface area contributed by atoms with Gasteiger partial charge in [-0.25, -0.2) is 0 Å². The highest BCUT2D eigenvalue weighted by Crippen LogP contribution is 2.58. The average molecular weight is 318 g/mol. The molecule has 0 amide bonds. The summed E-state index contributed by atoms with van der Waals surface area (Å²) in [4.78, 5) is 0. The Kier molecular flexibility index (Phi) is 5.01. The Hall–Kier alpha value is -0.510. The van der Waals surface area contributed by atoms with Gasteiger partial charge in [-0.2, -0.15) is 13.2 Å². The Labute approximate surface area is 132 Å². The van der Waals surface area contributed by atoms with Crippen LogP contribution in [0, 0.1) is 17.3 Å². The molecular weight excluding hydrogens is 289 g/mol. The molecule has 0 aromatic carbocycles. The van der Waals surface area contributed by atoms with Crippen molar-refractivity contribution < 1.29 is 18.3 Å². The van der Waals surface area contributed by atoms with Crippen LogP contribution in [0.25, 0.3) is 0 Å². The monoisotopic (exact) mass is 318 g/mol. The third kappa shape index (κ3) is 2.95. The molecule has 0 aromatic heterocycles. The van der Waals surface area contributed by atoms with Crippen LogP contribution in [0.15, 0.2) is 11.6 Å². The molecule has 128 valence electrons. The number of allylic oxidation sites excluding steroid dienone is 1. The van der Waals surface area contributed by atoms with Gasteiger partial charge in [-0.3, -0.25) is 0 Å². The highest BCUT2D eigenvalue weighted by molar-refractivity contribution is 5.26. The maximum Gasteiger partial charge on any atom is 0.417 e. The molecular formula is C18H29F3O. The molecule has 2 rings (SSSR count). The molecule has 0 heterocycles. The molecule has 2 aliphatic rings. The second-order valence-corrected chi connectivity index (χ2v) is 7.51. The molecule has 4 heteroatoms. The van der Waals surface area contributed by atoms with Crippen LogP contribution >= 0.6 is 0 Å². The van der Waals surface area contributed by atoms with E-state index in [0.29, 0.717) is 18.3 Å². The van der Waals surface area contributed by atoms with Crippen molar-refractivity contribution in [2.45, 2.75) is 83.9 Å². The second-order valence-electron chi connectivity index (χ2n) is 7.51. The summed E-state index contributed by atoms with van der Waals surface area (Å²) >= 11 is 0. The first-order valence-corrected chi connectivity index (χ1v) is 8.66. The summed E-state index contributed by atoms with van der Waals surface area (Å²) < 4.78 is 39.5. The summed E-state index contributed by atoms with van der Waals surface area (Å²) in [5, 5.41) is 10.1. The molecule has 4 atom stereocenters. The van der Waals surface area contributed by atoms with E-state index < -0.39 is 11.8 Å². The summed E-state index contributed by atoms with van der Waals surface area (Å²) in [6.45, 7) is 6.46. The van der Waals surface area contributed by atoms with Crippen molar-refractivity contribution in [3.8, 4) is 0 Å². The van der Waals surface area contributed by atoms with Crippen LogP contribution in [0.4, 0.5) is 13.2 Å². The van der Waals surface area contributed by atoms with E-state index in [2.05, 4.69) is 20.8 Å². The highest BCUT2D eigenvalue weighted by atomic mass is 19.4. The van der Waals surface area contributed by atoms with Crippen LogP contribution in [-0.4, -0.2) is 16.9 Å². The van der Waals surface area contributed by atoms with E-state index in [-0.39, 0.29) is 18.3 Å². The Balaban J connectivity index is 2.25. The van der Waals surface area contributed by atoms with Crippen molar-refractivity contribution in [1.82, 2.24) is 0 Å². The molecule has 0 spiro atoms. The first kappa shape index (κ1) is 17.8. The van der Waals surface area contributed by atoms with E-state index in [1.54, 1.807) is 0 Å². The fourth-order valence-corrected chi connectivity index (χ4v) is 4.75. The lowest BCUT2D eigenvalue weighted by atomic mass is 9.53. The van der Waals surface area contributed by atoms with Gasteiger partial charge in [0.1, 0.15) is 0 Å². The normalized spacial score (nSPS) is 39.3. The molecule has 0 radical (unpaired) electrons. The van der Waals surface area contributed by atoms with Crippen LogP contribution in [0.5, 0.6) is 0 Å². The lowest BCUT2D eigenvalue weighted by Crippen LogP contribution is -2.53. The molecule has 1 nitrogen and oxygen atoms in total. The number of hydrogen-bond donors (Lipinski definition) is 1. The van der Waals surface area contributed by atoms with Crippen molar-refractivity contribution >= 4 is 0 Å². The quantitative estimate of drug-likeness (QED) is 0.666. The molecule has 0 aliphatic heterocycles. The number of rotatable bonds is 4. The third-order valence-corrected chi connectivity index (χ3v) is 6.22. The molecule has 1 N–H and O–H groups in total. The Bertz CT molecular complexity index is 429. The number of hydrogen-bond acceptors (Lipinski definition) is 1.